The summed E-state index contributed by atoms with van der Waals surface area (Å²) < 4.78 is 7.16. The molecule has 3 amide bonds. The highest BCUT2D eigenvalue weighted by atomic mass is 16.5. The smallest absolute Gasteiger partial charge is 0.340 e. The van der Waals surface area contributed by atoms with Gasteiger partial charge in [-0.15, -0.1) is 0 Å². The van der Waals surface area contributed by atoms with Crippen molar-refractivity contribution in [1.29, 1.82) is 0 Å². The lowest BCUT2D eigenvalue weighted by molar-refractivity contribution is -0.123. The summed E-state index contributed by atoms with van der Waals surface area (Å²) in [6, 6.07) is 1.67. The highest BCUT2D eigenvalue weighted by Crippen LogP contribution is 2.38. The van der Waals surface area contributed by atoms with E-state index in [1.807, 2.05) is 27.7 Å². The molecule has 0 radical (unpaired) electrons. The van der Waals surface area contributed by atoms with Crippen molar-refractivity contribution >= 4 is 17.9 Å². The van der Waals surface area contributed by atoms with Crippen molar-refractivity contribution in [1.82, 2.24) is 15.2 Å². The summed E-state index contributed by atoms with van der Waals surface area (Å²) in [5, 5.41) is 4.69. The second-order valence-corrected chi connectivity index (χ2v) is 6.61. The maximum absolute atomic E-state index is 12.2. The molecule has 0 saturated heterocycles. The maximum Gasteiger partial charge on any atom is 0.340 e. The Balaban J connectivity index is 1.84. The molecule has 0 aromatic carbocycles. The minimum Gasteiger partial charge on any atom is -0.452 e. The van der Waals surface area contributed by atoms with E-state index in [4.69, 9.17) is 4.74 Å². The Kier molecular flexibility index (Phi) is 5.64. The number of aromatic nitrogens is 1. The van der Waals surface area contributed by atoms with Gasteiger partial charge in [-0.05, 0) is 38.7 Å². The molecule has 1 aliphatic carbocycles. The normalized spacial score (nSPS) is 13.7. The summed E-state index contributed by atoms with van der Waals surface area (Å²) in [5.41, 5.74) is 2.34. The Morgan fingerprint density at radius 1 is 1.29 bits per heavy atom. The number of esters is 1. The number of urea groups is 1. The van der Waals surface area contributed by atoms with Crippen molar-refractivity contribution in [3.05, 3.63) is 23.0 Å². The van der Waals surface area contributed by atoms with Gasteiger partial charge in [0, 0.05) is 24.0 Å². The molecule has 132 valence electrons. The molecule has 0 atom stereocenters. The van der Waals surface area contributed by atoms with Crippen LogP contribution in [0.15, 0.2) is 6.07 Å². The predicted octanol–water partition coefficient (Wildman–Crippen LogP) is 2.08. The number of hydrogen-bond acceptors (Lipinski definition) is 4. The zero-order chi connectivity index (χ0) is 17.9. The van der Waals surface area contributed by atoms with E-state index in [2.05, 4.69) is 15.2 Å². The number of nitrogens with one attached hydrogen (secondary N) is 2. The zero-order valence-corrected chi connectivity index (χ0v) is 14.6. The molecule has 1 aliphatic rings. The Labute approximate surface area is 141 Å². The third kappa shape index (κ3) is 4.59. The van der Waals surface area contributed by atoms with Gasteiger partial charge >= 0.3 is 12.0 Å². The van der Waals surface area contributed by atoms with Gasteiger partial charge in [0.05, 0.1) is 5.56 Å². The number of carbonyl (C=O) groups is 3. The van der Waals surface area contributed by atoms with E-state index in [0.717, 1.165) is 24.2 Å². The van der Waals surface area contributed by atoms with Crippen LogP contribution < -0.4 is 10.6 Å². The summed E-state index contributed by atoms with van der Waals surface area (Å²) in [7, 11) is 0. The first kappa shape index (κ1) is 18.0. The fourth-order valence-electron chi connectivity index (χ4n) is 2.59. The van der Waals surface area contributed by atoms with E-state index in [0.29, 0.717) is 18.2 Å². The standard InChI is InChI=1S/C17H25N3O4/c1-10(2)8-18-17(23)19-15(21)9-24-16(22)14-7-11(3)20(12(14)4)13-5-6-13/h7,10,13H,5-6,8-9H2,1-4H3,(H2,18,19,21,23). The van der Waals surface area contributed by atoms with Crippen LogP contribution in [-0.2, 0) is 9.53 Å². The van der Waals surface area contributed by atoms with Crippen molar-refractivity contribution in [2.24, 2.45) is 5.92 Å². The number of aryl methyl sites for hydroxylation is 1. The van der Waals surface area contributed by atoms with Gasteiger partial charge < -0.3 is 14.6 Å². The van der Waals surface area contributed by atoms with Crippen molar-refractivity contribution in [2.45, 2.75) is 46.6 Å². The van der Waals surface area contributed by atoms with Crippen LogP contribution in [0.5, 0.6) is 0 Å². The van der Waals surface area contributed by atoms with Crippen LogP contribution in [0, 0.1) is 19.8 Å². The predicted molar refractivity (Wildman–Crippen MR) is 88.8 cm³/mol. The Bertz CT molecular complexity index is 645. The maximum atomic E-state index is 12.2. The molecule has 0 spiro atoms. The number of ether oxygens (including phenoxy) is 1. The molecule has 2 rings (SSSR count). The van der Waals surface area contributed by atoms with Gasteiger partial charge in [-0.1, -0.05) is 13.8 Å². The van der Waals surface area contributed by atoms with Gasteiger partial charge in [0.25, 0.3) is 5.91 Å². The van der Waals surface area contributed by atoms with Gasteiger partial charge in [0.2, 0.25) is 0 Å². The highest BCUT2D eigenvalue weighted by Gasteiger charge is 2.28. The van der Waals surface area contributed by atoms with E-state index < -0.39 is 24.5 Å². The van der Waals surface area contributed by atoms with Gasteiger partial charge in [0.15, 0.2) is 6.61 Å². The Hall–Kier alpha value is -2.31. The van der Waals surface area contributed by atoms with E-state index in [-0.39, 0.29) is 5.92 Å². The first-order valence-corrected chi connectivity index (χ1v) is 8.22. The highest BCUT2D eigenvalue weighted by molar-refractivity contribution is 5.97. The number of rotatable bonds is 6. The fraction of sp³-hybridized carbons (Fsp3) is 0.588. The molecule has 0 unspecified atom stereocenters. The third-order valence-electron chi connectivity index (χ3n) is 3.87. The van der Waals surface area contributed by atoms with Gasteiger partial charge in [0.1, 0.15) is 0 Å². The van der Waals surface area contributed by atoms with Crippen molar-refractivity contribution in [3.63, 3.8) is 0 Å². The lowest BCUT2D eigenvalue weighted by Crippen LogP contribution is -2.42. The number of hydrogen-bond donors (Lipinski definition) is 2. The molecular formula is C17H25N3O4. The van der Waals surface area contributed by atoms with Gasteiger partial charge in [-0.3, -0.25) is 10.1 Å². The summed E-state index contributed by atoms with van der Waals surface area (Å²) in [4.78, 5) is 35.3. The summed E-state index contributed by atoms with van der Waals surface area (Å²) in [6.45, 7) is 7.70. The Morgan fingerprint density at radius 3 is 2.54 bits per heavy atom. The minimum absolute atomic E-state index is 0.283. The molecule has 0 aliphatic heterocycles. The topological polar surface area (TPSA) is 89.4 Å². The van der Waals surface area contributed by atoms with Gasteiger partial charge in [-0.25, -0.2) is 9.59 Å². The van der Waals surface area contributed by atoms with Crippen molar-refractivity contribution in [3.8, 4) is 0 Å². The SMILES string of the molecule is Cc1cc(C(=O)OCC(=O)NC(=O)NCC(C)C)c(C)n1C1CC1. The monoisotopic (exact) mass is 335 g/mol. The van der Waals surface area contributed by atoms with Crippen LogP contribution in [0.4, 0.5) is 4.79 Å². The first-order valence-electron chi connectivity index (χ1n) is 8.22. The Morgan fingerprint density at radius 2 is 1.96 bits per heavy atom. The van der Waals surface area contributed by atoms with Crippen LogP contribution in [-0.4, -0.2) is 35.6 Å². The summed E-state index contributed by atoms with van der Waals surface area (Å²) in [6.07, 6.45) is 2.25. The van der Waals surface area contributed by atoms with Crippen LogP contribution in [0.2, 0.25) is 0 Å². The molecule has 2 N–H and O–H groups in total. The largest absolute Gasteiger partial charge is 0.452 e. The lowest BCUT2D eigenvalue weighted by atomic mass is 10.2. The summed E-state index contributed by atoms with van der Waals surface area (Å²) >= 11 is 0. The molecule has 1 fully saturated rings. The third-order valence-corrected chi connectivity index (χ3v) is 3.87. The van der Waals surface area contributed by atoms with E-state index in [9.17, 15) is 14.4 Å². The quantitative estimate of drug-likeness (QED) is 0.779. The molecule has 0 bridgehead atoms. The average molecular weight is 335 g/mol. The van der Waals surface area contributed by atoms with Crippen molar-refractivity contribution < 1.29 is 19.1 Å². The average Bonchev–Trinajstić information content (AvgIpc) is 3.28. The lowest BCUT2D eigenvalue weighted by Gasteiger charge is -2.09. The minimum atomic E-state index is -0.652. The van der Waals surface area contributed by atoms with Crippen molar-refractivity contribution in [2.75, 3.05) is 13.2 Å². The van der Waals surface area contributed by atoms with Crippen LogP contribution in [0.1, 0.15) is 54.5 Å². The number of carbonyl (C=O) groups excluding carboxylic acids is 3. The molecular weight excluding hydrogens is 310 g/mol. The summed E-state index contributed by atoms with van der Waals surface area (Å²) in [5.74, 6) is -0.918. The van der Waals surface area contributed by atoms with E-state index in [1.165, 1.54) is 0 Å². The second kappa shape index (κ2) is 7.51. The van der Waals surface area contributed by atoms with Crippen LogP contribution in [0.3, 0.4) is 0 Å². The zero-order valence-electron chi connectivity index (χ0n) is 14.6. The van der Waals surface area contributed by atoms with Crippen LogP contribution >= 0.6 is 0 Å². The number of nitrogens with zero attached hydrogens (tertiary/aromatic N) is 1. The van der Waals surface area contributed by atoms with Gasteiger partial charge in [-0.2, -0.15) is 0 Å². The molecule has 1 aromatic rings. The van der Waals surface area contributed by atoms with E-state index in [1.54, 1.807) is 6.07 Å². The number of amides is 3. The molecule has 7 heteroatoms. The molecule has 1 heterocycles. The molecule has 24 heavy (non-hydrogen) atoms. The number of imide groups is 1. The molecule has 1 saturated carbocycles. The fourth-order valence-corrected chi connectivity index (χ4v) is 2.59. The second-order valence-electron chi connectivity index (χ2n) is 6.61. The van der Waals surface area contributed by atoms with E-state index >= 15 is 0 Å². The molecule has 1 aromatic heterocycles. The molecule has 7 nitrogen and oxygen atoms in total. The first-order chi connectivity index (χ1) is 11.3. The van der Waals surface area contributed by atoms with Crippen LogP contribution in [0.25, 0.3) is 0 Å².